The van der Waals surface area contributed by atoms with Crippen LogP contribution >= 0.6 is 27.3 Å². The number of hydrogen-bond donors (Lipinski definition) is 2. The van der Waals surface area contributed by atoms with Crippen molar-refractivity contribution >= 4 is 38.8 Å². The minimum absolute atomic E-state index is 0.0804. The van der Waals surface area contributed by atoms with Crippen LogP contribution < -0.4 is 10.1 Å². The van der Waals surface area contributed by atoms with E-state index in [1.54, 1.807) is 37.3 Å². The summed E-state index contributed by atoms with van der Waals surface area (Å²) < 4.78 is 21.1. The summed E-state index contributed by atoms with van der Waals surface area (Å²) in [6.07, 6.45) is 5.82. The van der Waals surface area contributed by atoms with E-state index in [0.717, 1.165) is 39.2 Å². The number of nitrogens with one attached hydrogen (secondary N) is 2. The van der Waals surface area contributed by atoms with Crippen molar-refractivity contribution in [3.05, 3.63) is 72.9 Å². The standard InChI is InChI=1S/C26H27BrFN5O2S/c1-14(29)18(12-30-11-17-4-5-17)8-24-25(32-16(3)36-24)21-7-6-20(28)10-22(21)15(2)35-23-9-19(27)13-31-26(23)33-34/h6-7,9-10,12-13,15,17,29-30H,4-5,8,11H2,1-3H3/b18-12-,29-14?/t15-/m1/s1. The third kappa shape index (κ3) is 6.41. The molecule has 0 bridgehead atoms. The molecule has 2 N–H and O–H groups in total. The highest BCUT2D eigenvalue weighted by atomic mass is 79.9. The highest BCUT2D eigenvalue weighted by molar-refractivity contribution is 9.10. The summed E-state index contributed by atoms with van der Waals surface area (Å²) in [5, 5.41) is 15.4. The van der Waals surface area contributed by atoms with Gasteiger partial charge in [0.1, 0.15) is 11.9 Å². The minimum atomic E-state index is -0.623. The van der Waals surface area contributed by atoms with E-state index in [4.69, 9.17) is 15.1 Å². The summed E-state index contributed by atoms with van der Waals surface area (Å²) in [5.41, 5.74) is 3.43. The van der Waals surface area contributed by atoms with E-state index in [0.29, 0.717) is 22.2 Å². The molecule has 1 aliphatic carbocycles. The summed E-state index contributed by atoms with van der Waals surface area (Å²) >= 11 is 4.89. The lowest BCUT2D eigenvalue weighted by Gasteiger charge is -2.19. The number of rotatable bonds is 11. The molecule has 0 spiro atoms. The third-order valence-corrected chi connectivity index (χ3v) is 7.32. The molecule has 7 nitrogen and oxygen atoms in total. The summed E-state index contributed by atoms with van der Waals surface area (Å²) in [4.78, 5) is 21.0. The predicted octanol–water partition coefficient (Wildman–Crippen LogP) is 7.42. The zero-order chi connectivity index (χ0) is 25.8. The number of aryl methyl sites for hydroxylation is 1. The molecule has 4 rings (SSSR count). The van der Waals surface area contributed by atoms with E-state index in [2.05, 4.69) is 31.4 Å². The van der Waals surface area contributed by atoms with Crippen LogP contribution in [0.5, 0.6) is 5.75 Å². The molecule has 3 aromatic rings. The molecule has 0 saturated heterocycles. The van der Waals surface area contributed by atoms with Gasteiger partial charge in [-0.3, -0.25) is 0 Å². The minimum Gasteiger partial charge on any atom is -0.482 e. The number of benzene rings is 1. The molecule has 0 aliphatic heterocycles. The van der Waals surface area contributed by atoms with Gasteiger partial charge in [-0.05, 0) is 90.5 Å². The second-order valence-corrected chi connectivity index (χ2v) is 11.1. The van der Waals surface area contributed by atoms with E-state index >= 15 is 0 Å². The first kappa shape index (κ1) is 26.1. The van der Waals surface area contributed by atoms with Crippen molar-refractivity contribution in [2.75, 3.05) is 6.54 Å². The first-order valence-electron chi connectivity index (χ1n) is 11.6. The molecule has 2 aromatic heterocycles. The van der Waals surface area contributed by atoms with Gasteiger partial charge in [0.2, 0.25) is 5.82 Å². The molecule has 188 valence electrons. The molecule has 0 amide bonds. The third-order valence-electron chi connectivity index (χ3n) is 5.91. The topological polar surface area (TPSA) is 100 Å². The van der Waals surface area contributed by atoms with Crippen molar-refractivity contribution < 1.29 is 9.13 Å². The van der Waals surface area contributed by atoms with Crippen molar-refractivity contribution in [3.8, 4) is 17.0 Å². The van der Waals surface area contributed by atoms with Crippen molar-refractivity contribution in [3.63, 3.8) is 0 Å². The number of nitrogens with zero attached hydrogens (tertiary/aromatic N) is 3. The Bertz CT molecular complexity index is 1320. The van der Waals surface area contributed by atoms with Gasteiger partial charge in [0.15, 0.2) is 5.75 Å². The van der Waals surface area contributed by atoms with Gasteiger partial charge in [0.25, 0.3) is 0 Å². The first-order valence-corrected chi connectivity index (χ1v) is 13.3. The molecule has 0 radical (unpaired) electrons. The normalized spacial score (nSPS) is 14.4. The molecule has 1 aromatic carbocycles. The number of ether oxygens (including phenoxy) is 1. The lowest BCUT2D eigenvalue weighted by Crippen LogP contribution is -2.13. The van der Waals surface area contributed by atoms with E-state index in [-0.39, 0.29) is 11.6 Å². The number of thiazole rings is 1. The zero-order valence-corrected chi connectivity index (χ0v) is 22.7. The first-order chi connectivity index (χ1) is 17.2. The van der Waals surface area contributed by atoms with Crippen LogP contribution in [0, 0.1) is 29.0 Å². The Morgan fingerprint density at radius 3 is 2.89 bits per heavy atom. The Labute approximate surface area is 221 Å². The fraction of sp³-hybridized carbons (Fsp3) is 0.346. The highest BCUT2D eigenvalue weighted by Gasteiger charge is 2.23. The fourth-order valence-corrected chi connectivity index (χ4v) is 5.13. The van der Waals surface area contributed by atoms with Gasteiger partial charge < -0.3 is 15.5 Å². The van der Waals surface area contributed by atoms with Crippen molar-refractivity contribution in [2.45, 2.75) is 46.1 Å². The van der Waals surface area contributed by atoms with Crippen LogP contribution in [0.3, 0.4) is 0 Å². The Kier molecular flexibility index (Phi) is 8.25. The van der Waals surface area contributed by atoms with Crippen molar-refractivity contribution in [1.82, 2.24) is 15.3 Å². The highest BCUT2D eigenvalue weighted by Crippen LogP contribution is 2.38. The van der Waals surface area contributed by atoms with Crippen LogP contribution in [0.4, 0.5) is 10.2 Å². The Morgan fingerprint density at radius 2 is 2.19 bits per heavy atom. The Balaban J connectivity index is 1.67. The average molecular weight is 573 g/mol. The fourth-order valence-electron chi connectivity index (χ4n) is 3.84. The van der Waals surface area contributed by atoms with E-state index < -0.39 is 11.9 Å². The maximum Gasteiger partial charge on any atom is 0.239 e. The largest absolute Gasteiger partial charge is 0.482 e. The van der Waals surface area contributed by atoms with E-state index in [9.17, 15) is 9.30 Å². The second kappa shape index (κ2) is 11.4. The Hall–Kier alpha value is -2.98. The van der Waals surface area contributed by atoms with Crippen molar-refractivity contribution in [2.24, 2.45) is 11.1 Å². The lowest BCUT2D eigenvalue weighted by molar-refractivity contribution is 0.227. The number of hydrogen-bond acceptors (Lipinski definition) is 8. The number of halogens is 2. The number of nitroso groups, excluding NO2 is 1. The summed E-state index contributed by atoms with van der Waals surface area (Å²) in [7, 11) is 0. The van der Waals surface area contributed by atoms with Crippen LogP contribution in [0.25, 0.3) is 11.3 Å². The van der Waals surface area contributed by atoms with E-state index in [1.807, 2.05) is 13.1 Å². The monoisotopic (exact) mass is 571 g/mol. The lowest BCUT2D eigenvalue weighted by atomic mass is 9.97. The van der Waals surface area contributed by atoms with Crippen LogP contribution in [-0.2, 0) is 6.42 Å². The van der Waals surface area contributed by atoms with Crippen LogP contribution in [0.2, 0.25) is 0 Å². The van der Waals surface area contributed by atoms with Gasteiger partial charge >= 0.3 is 0 Å². The van der Waals surface area contributed by atoms with Crippen LogP contribution in [0.15, 0.2) is 51.9 Å². The summed E-state index contributed by atoms with van der Waals surface area (Å²) in [6.45, 7) is 6.41. The summed E-state index contributed by atoms with van der Waals surface area (Å²) in [6, 6.07) is 6.13. The van der Waals surface area contributed by atoms with Gasteiger partial charge in [0, 0.05) is 51.6 Å². The molecular weight excluding hydrogens is 545 g/mol. The van der Waals surface area contributed by atoms with Gasteiger partial charge in [-0.25, -0.2) is 14.4 Å². The molecule has 1 atom stereocenters. The van der Waals surface area contributed by atoms with E-state index in [1.165, 1.54) is 31.2 Å². The second-order valence-electron chi connectivity index (χ2n) is 8.89. The zero-order valence-electron chi connectivity index (χ0n) is 20.3. The van der Waals surface area contributed by atoms with Crippen molar-refractivity contribution in [1.29, 1.82) is 5.41 Å². The molecular formula is C26H27BrFN5O2S. The number of pyridine rings is 1. The van der Waals surface area contributed by atoms with Crippen LogP contribution in [-0.4, -0.2) is 22.2 Å². The molecule has 36 heavy (non-hydrogen) atoms. The molecule has 1 saturated carbocycles. The Morgan fingerprint density at radius 1 is 1.42 bits per heavy atom. The summed E-state index contributed by atoms with van der Waals surface area (Å²) in [5.74, 6) is 0.443. The average Bonchev–Trinajstić information content (AvgIpc) is 3.59. The van der Waals surface area contributed by atoms with Crippen LogP contribution in [0.1, 0.15) is 48.2 Å². The van der Waals surface area contributed by atoms with Gasteiger partial charge in [-0.2, -0.15) is 0 Å². The quantitative estimate of drug-likeness (QED) is 0.184. The predicted molar refractivity (Wildman–Crippen MR) is 145 cm³/mol. The number of aromatic nitrogens is 2. The number of allylic oxidation sites excluding steroid dienone is 1. The molecule has 2 heterocycles. The molecule has 1 fully saturated rings. The maximum atomic E-state index is 14.4. The molecule has 0 unspecified atom stereocenters. The smallest absolute Gasteiger partial charge is 0.239 e. The maximum absolute atomic E-state index is 14.4. The van der Waals surface area contributed by atoms with Gasteiger partial charge in [0.05, 0.1) is 10.7 Å². The molecule has 10 heteroatoms. The molecule has 1 aliphatic rings. The van der Waals surface area contributed by atoms with Gasteiger partial charge in [-0.1, -0.05) is 0 Å². The van der Waals surface area contributed by atoms with Gasteiger partial charge in [-0.15, -0.1) is 16.2 Å². The SMILES string of the molecule is CC(=N)/C(=C\NCC1CC1)Cc1sc(C)nc1-c1ccc(F)cc1[C@@H](C)Oc1cc(Br)cnc1N=O.